The first-order valence-corrected chi connectivity index (χ1v) is 16.5. The summed E-state index contributed by atoms with van der Waals surface area (Å²) in [6.07, 6.45) is 0.992. The van der Waals surface area contributed by atoms with E-state index in [9.17, 15) is 18.0 Å². The number of anilines is 1. The molecular weight excluding hydrogens is 617 g/mol. The van der Waals surface area contributed by atoms with Crippen molar-refractivity contribution in [1.29, 1.82) is 0 Å². The van der Waals surface area contributed by atoms with Crippen molar-refractivity contribution in [2.45, 2.75) is 44.2 Å². The molecule has 4 aromatic carbocycles. The third-order valence-electron chi connectivity index (χ3n) is 7.20. The third-order valence-corrected chi connectivity index (χ3v) is 9.73. The molecule has 0 fully saturated rings. The highest BCUT2D eigenvalue weighted by molar-refractivity contribution is 7.92. The molecule has 230 valence electrons. The molecule has 0 saturated carbocycles. The van der Waals surface area contributed by atoms with Gasteiger partial charge in [0.25, 0.3) is 10.0 Å². The van der Waals surface area contributed by atoms with Gasteiger partial charge in [-0.05, 0) is 66.4 Å². The van der Waals surface area contributed by atoms with Gasteiger partial charge in [-0.2, -0.15) is 0 Å². The summed E-state index contributed by atoms with van der Waals surface area (Å²) in [5, 5.41) is 3.51. The van der Waals surface area contributed by atoms with Crippen molar-refractivity contribution < 1.29 is 18.0 Å². The van der Waals surface area contributed by atoms with E-state index in [0.29, 0.717) is 27.8 Å². The molecule has 4 rings (SSSR count). The van der Waals surface area contributed by atoms with E-state index in [1.165, 1.54) is 17.0 Å². The quantitative estimate of drug-likeness (QED) is 0.178. The van der Waals surface area contributed by atoms with Crippen LogP contribution in [0.3, 0.4) is 0 Å². The zero-order valence-corrected chi connectivity index (χ0v) is 26.9. The number of carbonyl (C=O) groups excluding carboxylic acids is 2. The molecule has 0 aromatic heterocycles. The number of nitrogens with one attached hydrogen (secondary N) is 1. The van der Waals surface area contributed by atoms with Gasteiger partial charge >= 0.3 is 0 Å². The van der Waals surface area contributed by atoms with Crippen LogP contribution in [-0.2, 0) is 39.0 Å². The molecule has 0 unspecified atom stereocenters. The lowest BCUT2D eigenvalue weighted by Gasteiger charge is -2.34. The minimum Gasteiger partial charge on any atom is -0.355 e. The lowest BCUT2D eigenvalue weighted by atomic mass is 10.0. The van der Waals surface area contributed by atoms with Crippen molar-refractivity contribution in [2.24, 2.45) is 0 Å². The van der Waals surface area contributed by atoms with Gasteiger partial charge < -0.3 is 10.2 Å². The van der Waals surface area contributed by atoms with Crippen LogP contribution in [0, 0.1) is 0 Å². The summed E-state index contributed by atoms with van der Waals surface area (Å²) >= 11 is 12.5. The Balaban J connectivity index is 1.80. The molecule has 10 heteroatoms. The van der Waals surface area contributed by atoms with Gasteiger partial charge in [0.15, 0.2) is 0 Å². The Morgan fingerprint density at radius 3 is 1.98 bits per heavy atom. The third kappa shape index (κ3) is 8.20. The van der Waals surface area contributed by atoms with E-state index < -0.39 is 28.5 Å². The van der Waals surface area contributed by atoms with E-state index >= 15 is 0 Å². The first-order valence-electron chi connectivity index (χ1n) is 14.4. The number of benzene rings is 4. The lowest BCUT2D eigenvalue weighted by Crippen LogP contribution is -2.53. The number of aryl methyl sites for hydroxylation is 1. The summed E-state index contributed by atoms with van der Waals surface area (Å²) in [6, 6.07) is 28.5. The summed E-state index contributed by atoms with van der Waals surface area (Å²) in [5.41, 5.74) is 2.85. The maximum Gasteiger partial charge on any atom is 0.264 e. The number of hydrogen-bond acceptors (Lipinski definition) is 4. The minimum atomic E-state index is -4.16. The zero-order chi connectivity index (χ0) is 31.7. The smallest absolute Gasteiger partial charge is 0.264 e. The number of nitrogens with zero attached hydrogens (tertiary/aromatic N) is 2. The molecule has 0 saturated heterocycles. The molecule has 0 aliphatic rings. The fourth-order valence-corrected chi connectivity index (χ4v) is 6.58. The first kappa shape index (κ1) is 33.1. The second-order valence-electron chi connectivity index (χ2n) is 10.2. The van der Waals surface area contributed by atoms with Crippen LogP contribution in [0.25, 0.3) is 0 Å². The molecule has 4 aromatic rings. The standard InChI is InChI=1S/C34H35Cl2N3O4S/c1-3-25-15-18-28(19-16-25)39(44(42,43)29-13-9-6-10-14-29)24-33(40)38(23-27-17-20-30(35)31(36)21-27)32(34(41)37-4-2)22-26-11-7-5-8-12-26/h5-21,32H,3-4,22-24H2,1-2H3,(H,37,41)/t32-/m1/s1. The summed E-state index contributed by atoms with van der Waals surface area (Å²) < 4.78 is 29.2. The molecule has 1 N–H and O–H groups in total. The summed E-state index contributed by atoms with van der Waals surface area (Å²) in [7, 11) is -4.16. The fraction of sp³-hybridized carbons (Fsp3) is 0.235. The lowest BCUT2D eigenvalue weighted by molar-refractivity contribution is -0.140. The Morgan fingerprint density at radius 2 is 1.39 bits per heavy atom. The number of likely N-dealkylation sites (N-methyl/N-ethyl adjacent to an activating group) is 1. The molecular formula is C34H35Cl2N3O4S. The molecule has 0 heterocycles. The number of rotatable bonds is 13. The maximum absolute atomic E-state index is 14.4. The largest absolute Gasteiger partial charge is 0.355 e. The molecule has 1 atom stereocenters. The average molecular weight is 653 g/mol. The average Bonchev–Trinajstić information content (AvgIpc) is 3.04. The van der Waals surface area contributed by atoms with Gasteiger partial charge in [-0.25, -0.2) is 8.42 Å². The maximum atomic E-state index is 14.4. The Kier molecular flexibility index (Phi) is 11.4. The van der Waals surface area contributed by atoms with Gasteiger partial charge in [-0.1, -0.05) is 96.9 Å². The second kappa shape index (κ2) is 15.2. The van der Waals surface area contributed by atoms with Crippen LogP contribution < -0.4 is 9.62 Å². The van der Waals surface area contributed by atoms with Crippen molar-refractivity contribution in [3.63, 3.8) is 0 Å². The van der Waals surface area contributed by atoms with Crippen LogP contribution in [0.4, 0.5) is 5.69 Å². The van der Waals surface area contributed by atoms with Crippen LogP contribution in [0.2, 0.25) is 10.0 Å². The Labute approximate surface area is 269 Å². The van der Waals surface area contributed by atoms with Crippen molar-refractivity contribution in [1.82, 2.24) is 10.2 Å². The van der Waals surface area contributed by atoms with Crippen LogP contribution in [0.1, 0.15) is 30.5 Å². The first-order chi connectivity index (χ1) is 21.1. The molecule has 2 amide bonds. The summed E-state index contributed by atoms with van der Waals surface area (Å²) in [4.78, 5) is 29.4. The van der Waals surface area contributed by atoms with Crippen molar-refractivity contribution in [3.05, 3.63) is 130 Å². The van der Waals surface area contributed by atoms with E-state index in [1.54, 1.807) is 55.5 Å². The fourth-order valence-electron chi connectivity index (χ4n) is 4.83. The summed E-state index contributed by atoms with van der Waals surface area (Å²) in [6.45, 7) is 3.63. The van der Waals surface area contributed by atoms with E-state index in [4.69, 9.17) is 23.2 Å². The molecule has 0 aliphatic heterocycles. The minimum absolute atomic E-state index is 0.00163. The second-order valence-corrected chi connectivity index (χ2v) is 12.9. The highest BCUT2D eigenvalue weighted by Crippen LogP contribution is 2.27. The Bertz CT molecular complexity index is 1670. The van der Waals surface area contributed by atoms with Crippen LogP contribution >= 0.6 is 23.2 Å². The van der Waals surface area contributed by atoms with Crippen LogP contribution in [0.5, 0.6) is 0 Å². The van der Waals surface area contributed by atoms with Gasteiger partial charge in [-0.15, -0.1) is 0 Å². The number of amides is 2. The Hall–Kier alpha value is -3.85. The zero-order valence-electron chi connectivity index (χ0n) is 24.6. The normalized spacial score (nSPS) is 11.9. The van der Waals surface area contributed by atoms with Crippen LogP contribution in [-0.4, -0.2) is 44.3 Å². The topological polar surface area (TPSA) is 86.8 Å². The van der Waals surface area contributed by atoms with Crippen molar-refractivity contribution >= 4 is 50.7 Å². The Morgan fingerprint density at radius 1 is 0.773 bits per heavy atom. The predicted molar refractivity (Wildman–Crippen MR) is 176 cm³/mol. The molecule has 0 radical (unpaired) electrons. The van der Waals surface area contributed by atoms with Gasteiger partial charge in [0.1, 0.15) is 12.6 Å². The number of sulfonamides is 1. The van der Waals surface area contributed by atoms with Crippen molar-refractivity contribution in [3.8, 4) is 0 Å². The van der Waals surface area contributed by atoms with Gasteiger partial charge in [0.2, 0.25) is 11.8 Å². The van der Waals surface area contributed by atoms with Gasteiger partial charge in [0, 0.05) is 19.5 Å². The number of hydrogen-bond donors (Lipinski definition) is 1. The molecule has 44 heavy (non-hydrogen) atoms. The predicted octanol–water partition coefficient (Wildman–Crippen LogP) is 6.53. The van der Waals surface area contributed by atoms with E-state index in [-0.39, 0.29) is 23.8 Å². The molecule has 0 bridgehead atoms. The van der Waals surface area contributed by atoms with Gasteiger partial charge in [0.05, 0.1) is 20.6 Å². The van der Waals surface area contributed by atoms with Gasteiger partial charge in [-0.3, -0.25) is 13.9 Å². The summed E-state index contributed by atoms with van der Waals surface area (Å²) in [5.74, 6) is -0.906. The molecule has 0 spiro atoms. The van der Waals surface area contributed by atoms with Crippen molar-refractivity contribution in [2.75, 3.05) is 17.4 Å². The molecule has 0 aliphatic carbocycles. The SMILES string of the molecule is CCNC(=O)[C@@H](Cc1ccccc1)N(Cc1ccc(Cl)c(Cl)c1)C(=O)CN(c1ccc(CC)cc1)S(=O)(=O)c1ccccc1. The van der Waals surface area contributed by atoms with E-state index in [2.05, 4.69) is 5.32 Å². The van der Waals surface area contributed by atoms with Crippen LogP contribution in [0.15, 0.2) is 108 Å². The number of carbonyl (C=O) groups is 2. The highest BCUT2D eigenvalue weighted by Gasteiger charge is 2.34. The highest BCUT2D eigenvalue weighted by atomic mass is 35.5. The van der Waals surface area contributed by atoms with E-state index in [0.717, 1.165) is 21.9 Å². The van der Waals surface area contributed by atoms with E-state index in [1.807, 2.05) is 49.4 Å². The number of halogens is 2. The monoisotopic (exact) mass is 651 g/mol. The molecule has 7 nitrogen and oxygen atoms in total.